The second-order valence-corrected chi connectivity index (χ2v) is 5.61. The molecule has 0 aliphatic carbocycles. The van der Waals surface area contributed by atoms with E-state index in [1.165, 1.54) is 5.06 Å². The van der Waals surface area contributed by atoms with Crippen molar-refractivity contribution in [1.29, 1.82) is 0 Å². The molecule has 1 rings (SSSR count). The molecule has 1 atom stereocenters. The lowest BCUT2D eigenvalue weighted by Crippen LogP contribution is -2.43. The monoisotopic (exact) mass is 221 g/mol. The minimum absolute atomic E-state index is 0.0428. The van der Waals surface area contributed by atoms with Crippen LogP contribution in [0.3, 0.4) is 0 Å². The first-order valence-electron chi connectivity index (χ1n) is 5.87. The molecule has 0 saturated carbocycles. The van der Waals surface area contributed by atoms with Gasteiger partial charge in [-0.2, -0.15) is 5.06 Å². The first-order chi connectivity index (χ1) is 7.34. The van der Waals surface area contributed by atoms with Gasteiger partial charge in [-0.05, 0) is 32.3 Å². The maximum atomic E-state index is 10.3. The lowest BCUT2D eigenvalue weighted by Gasteiger charge is -2.38. The third-order valence-electron chi connectivity index (χ3n) is 2.72. The molecule has 0 bridgehead atoms. The molecule has 0 aromatic heterocycles. The highest BCUT2D eigenvalue weighted by atomic mass is 16.5. The van der Waals surface area contributed by atoms with Crippen LogP contribution in [0.4, 0.5) is 0 Å². The average molecular weight is 221 g/mol. The number of rotatable bonds is 3. The molecule has 0 unspecified atom stereocenters. The molecule has 0 amide bonds. The molecule has 0 fully saturated rings. The van der Waals surface area contributed by atoms with Crippen LogP contribution in [0.15, 0.2) is 30.3 Å². The number of hydrogen-bond acceptors (Lipinski definition) is 2. The molecule has 0 radical (unpaired) electrons. The minimum Gasteiger partial charge on any atom is -0.313 e. The van der Waals surface area contributed by atoms with Crippen molar-refractivity contribution in [2.24, 2.45) is 5.92 Å². The number of nitrogens with zero attached hydrogens (tertiary/aromatic N) is 1. The molecule has 0 heterocycles. The van der Waals surface area contributed by atoms with E-state index in [9.17, 15) is 5.21 Å². The van der Waals surface area contributed by atoms with E-state index >= 15 is 0 Å². The summed E-state index contributed by atoms with van der Waals surface area (Å²) in [7, 11) is 0. The fourth-order valence-corrected chi connectivity index (χ4v) is 1.88. The third kappa shape index (κ3) is 3.06. The molecular formula is C14H23NO. The highest BCUT2D eigenvalue weighted by molar-refractivity contribution is 5.19. The summed E-state index contributed by atoms with van der Waals surface area (Å²) < 4.78 is 0. The van der Waals surface area contributed by atoms with E-state index in [0.29, 0.717) is 5.92 Å². The normalized spacial score (nSPS) is 14.5. The van der Waals surface area contributed by atoms with Crippen LogP contribution in [0.1, 0.15) is 46.2 Å². The standard InChI is InChI=1S/C14H23NO/c1-11(2)13(15(16)14(3,4)5)12-9-7-6-8-10-12/h6-11,13,16H,1-5H3/t13-/m0/s1. The van der Waals surface area contributed by atoms with Gasteiger partial charge in [0.2, 0.25) is 0 Å². The molecule has 90 valence electrons. The van der Waals surface area contributed by atoms with Gasteiger partial charge in [0.05, 0.1) is 6.04 Å². The lowest BCUT2D eigenvalue weighted by molar-refractivity contribution is -0.199. The Labute approximate surface area is 98.9 Å². The maximum absolute atomic E-state index is 10.3. The molecule has 16 heavy (non-hydrogen) atoms. The summed E-state index contributed by atoms with van der Waals surface area (Å²) in [5.74, 6) is 0.367. The van der Waals surface area contributed by atoms with Crippen LogP contribution < -0.4 is 0 Å². The van der Waals surface area contributed by atoms with E-state index in [1.807, 2.05) is 39.0 Å². The van der Waals surface area contributed by atoms with Gasteiger partial charge in [0, 0.05) is 5.54 Å². The van der Waals surface area contributed by atoms with Gasteiger partial charge in [0.25, 0.3) is 0 Å². The van der Waals surface area contributed by atoms with Crippen molar-refractivity contribution < 1.29 is 5.21 Å². The molecule has 2 nitrogen and oxygen atoms in total. The Morgan fingerprint density at radius 3 is 1.94 bits per heavy atom. The second-order valence-electron chi connectivity index (χ2n) is 5.61. The molecular weight excluding hydrogens is 198 g/mol. The third-order valence-corrected chi connectivity index (χ3v) is 2.72. The van der Waals surface area contributed by atoms with Crippen molar-refractivity contribution in [2.75, 3.05) is 0 Å². The van der Waals surface area contributed by atoms with E-state index in [-0.39, 0.29) is 11.6 Å². The van der Waals surface area contributed by atoms with Crippen LogP contribution in [0.5, 0.6) is 0 Å². The van der Waals surface area contributed by atoms with E-state index < -0.39 is 0 Å². The van der Waals surface area contributed by atoms with Gasteiger partial charge in [0.15, 0.2) is 0 Å². The summed E-state index contributed by atoms with van der Waals surface area (Å²) in [6, 6.07) is 10.2. The summed E-state index contributed by atoms with van der Waals surface area (Å²) in [6.45, 7) is 10.3. The zero-order chi connectivity index (χ0) is 12.3. The fraction of sp³-hybridized carbons (Fsp3) is 0.571. The van der Waals surface area contributed by atoms with E-state index in [0.717, 1.165) is 5.56 Å². The molecule has 1 aromatic rings. The Balaban J connectivity index is 3.02. The average Bonchev–Trinajstić information content (AvgIpc) is 2.17. The smallest absolute Gasteiger partial charge is 0.0628 e. The van der Waals surface area contributed by atoms with Crippen molar-refractivity contribution in [1.82, 2.24) is 5.06 Å². The zero-order valence-corrected chi connectivity index (χ0v) is 10.9. The quantitative estimate of drug-likeness (QED) is 0.783. The van der Waals surface area contributed by atoms with Crippen LogP contribution in [0, 0.1) is 5.92 Å². The van der Waals surface area contributed by atoms with Gasteiger partial charge in [-0.25, -0.2) is 0 Å². The lowest BCUT2D eigenvalue weighted by atomic mass is 9.92. The van der Waals surface area contributed by atoms with Crippen LogP contribution in [-0.2, 0) is 0 Å². The number of hydrogen-bond donors (Lipinski definition) is 1. The fourth-order valence-electron chi connectivity index (χ4n) is 1.88. The molecule has 0 aliphatic heterocycles. The van der Waals surface area contributed by atoms with Gasteiger partial charge in [-0.15, -0.1) is 0 Å². The van der Waals surface area contributed by atoms with Crippen molar-refractivity contribution in [3.63, 3.8) is 0 Å². The first-order valence-corrected chi connectivity index (χ1v) is 5.87. The van der Waals surface area contributed by atoms with Gasteiger partial charge < -0.3 is 5.21 Å². The zero-order valence-electron chi connectivity index (χ0n) is 10.9. The van der Waals surface area contributed by atoms with E-state index in [4.69, 9.17) is 0 Å². The summed E-state index contributed by atoms with van der Waals surface area (Å²) in [5.41, 5.74) is 0.917. The molecule has 2 heteroatoms. The van der Waals surface area contributed by atoms with Crippen molar-refractivity contribution >= 4 is 0 Å². The first kappa shape index (κ1) is 13.2. The van der Waals surface area contributed by atoms with Crippen LogP contribution in [0.2, 0.25) is 0 Å². The molecule has 1 aromatic carbocycles. The Morgan fingerprint density at radius 2 is 1.56 bits per heavy atom. The molecule has 0 spiro atoms. The van der Waals surface area contributed by atoms with E-state index in [2.05, 4.69) is 26.0 Å². The van der Waals surface area contributed by atoms with Gasteiger partial charge in [-0.3, -0.25) is 0 Å². The predicted molar refractivity (Wildman–Crippen MR) is 67.4 cm³/mol. The molecule has 1 N–H and O–H groups in total. The Bertz CT molecular complexity index is 313. The molecule has 0 aliphatic rings. The number of benzene rings is 1. The summed E-state index contributed by atoms with van der Waals surface area (Å²) >= 11 is 0. The summed E-state index contributed by atoms with van der Waals surface area (Å²) in [6.07, 6.45) is 0. The summed E-state index contributed by atoms with van der Waals surface area (Å²) in [4.78, 5) is 0. The second kappa shape index (κ2) is 4.98. The largest absolute Gasteiger partial charge is 0.313 e. The summed E-state index contributed by atoms with van der Waals surface area (Å²) in [5, 5.41) is 11.8. The Kier molecular flexibility index (Phi) is 4.11. The maximum Gasteiger partial charge on any atom is 0.0628 e. The molecule has 0 saturated heterocycles. The van der Waals surface area contributed by atoms with Crippen molar-refractivity contribution in [3.05, 3.63) is 35.9 Å². The Hall–Kier alpha value is -0.860. The van der Waals surface area contributed by atoms with Crippen LogP contribution >= 0.6 is 0 Å². The number of hydroxylamine groups is 2. The topological polar surface area (TPSA) is 23.5 Å². The van der Waals surface area contributed by atoms with Gasteiger partial charge in [-0.1, -0.05) is 44.2 Å². The van der Waals surface area contributed by atoms with Crippen LogP contribution in [0.25, 0.3) is 0 Å². The SMILES string of the molecule is CC(C)[C@@H](c1ccccc1)N(O)C(C)(C)C. The highest BCUT2D eigenvalue weighted by Gasteiger charge is 2.30. The van der Waals surface area contributed by atoms with Crippen LogP contribution in [-0.4, -0.2) is 15.8 Å². The van der Waals surface area contributed by atoms with Crippen molar-refractivity contribution in [3.8, 4) is 0 Å². The van der Waals surface area contributed by atoms with Gasteiger partial charge >= 0.3 is 0 Å². The van der Waals surface area contributed by atoms with E-state index in [1.54, 1.807) is 0 Å². The Morgan fingerprint density at radius 1 is 1.06 bits per heavy atom. The highest BCUT2D eigenvalue weighted by Crippen LogP contribution is 2.31. The predicted octanol–water partition coefficient (Wildman–Crippen LogP) is 3.87. The minimum atomic E-state index is -0.245. The van der Waals surface area contributed by atoms with Crippen molar-refractivity contribution in [2.45, 2.75) is 46.2 Å². The van der Waals surface area contributed by atoms with Gasteiger partial charge in [0.1, 0.15) is 0 Å².